The fourth-order valence-corrected chi connectivity index (χ4v) is 5.54. The summed E-state index contributed by atoms with van der Waals surface area (Å²) in [6.45, 7) is 5.25. The summed E-state index contributed by atoms with van der Waals surface area (Å²) in [5.41, 5.74) is 1.06. The molecule has 2 saturated heterocycles. The number of hydrogen-bond acceptors (Lipinski definition) is 4. The van der Waals surface area contributed by atoms with Gasteiger partial charge in [0.2, 0.25) is 5.91 Å². The number of hydrogen-bond donors (Lipinski definition) is 0. The number of nitrogens with zero attached hydrogens (tertiary/aromatic N) is 3. The molecule has 2 fully saturated rings. The minimum absolute atomic E-state index is 0.224. The summed E-state index contributed by atoms with van der Waals surface area (Å²) in [5.74, 6) is 1.66. The molecule has 0 saturated carbocycles. The van der Waals surface area contributed by atoms with E-state index in [0.29, 0.717) is 38.1 Å². The van der Waals surface area contributed by atoms with Gasteiger partial charge in [0.05, 0.1) is 19.2 Å². The van der Waals surface area contributed by atoms with Gasteiger partial charge in [-0.2, -0.15) is 0 Å². The SMILES string of the molecule is COCCN(C[C@@H]1CCCN2CCCC[C@H]12)C(=O)CCn1ccc2cccc(OC)c21. The molecule has 1 amide bonds. The van der Waals surface area contributed by atoms with E-state index in [-0.39, 0.29) is 5.91 Å². The van der Waals surface area contributed by atoms with Crippen molar-refractivity contribution in [2.24, 2.45) is 5.92 Å². The highest BCUT2D eigenvalue weighted by atomic mass is 16.5. The Bertz CT molecular complexity index is 863. The van der Waals surface area contributed by atoms with Crippen LogP contribution < -0.4 is 4.74 Å². The molecule has 0 aliphatic carbocycles. The number of ether oxygens (including phenoxy) is 2. The third kappa shape index (κ3) is 5.07. The lowest BCUT2D eigenvalue weighted by Gasteiger charge is -2.45. The number of amides is 1. The molecular formula is C25H37N3O3. The maximum atomic E-state index is 13.3. The van der Waals surface area contributed by atoms with Crippen LogP contribution in [0.1, 0.15) is 38.5 Å². The van der Waals surface area contributed by atoms with Gasteiger partial charge in [-0.25, -0.2) is 0 Å². The summed E-state index contributed by atoms with van der Waals surface area (Å²) in [7, 11) is 3.41. The summed E-state index contributed by atoms with van der Waals surface area (Å²) in [6, 6.07) is 8.80. The van der Waals surface area contributed by atoms with E-state index in [2.05, 4.69) is 32.7 Å². The van der Waals surface area contributed by atoms with Crippen LogP contribution in [-0.4, -0.2) is 73.3 Å². The zero-order chi connectivity index (χ0) is 21.6. The van der Waals surface area contributed by atoms with Gasteiger partial charge in [0.1, 0.15) is 5.75 Å². The minimum Gasteiger partial charge on any atom is -0.495 e. The van der Waals surface area contributed by atoms with Crippen molar-refractivity contribution >= 4 is 16.8 Å². The van der Waals surface area contributed by atoms with Crippen LogP contribution in [0.3, 0.4) is 0 Å². The van der Waals surface area contributed by atoms with Crippen molar-refractivity contribution < 1.29 is 14.3 Å². The molecular weight excluding hydrogens is 390 g/mol. The lowest BCUT2D eigenvalue weighted by molar-refractivity contribution is -0.133. The minimum atomic E-state index is 0.224. The Morgan fingerprint density at radius 1 is 1.13 bits per heavy atom. The first-order valence-electron chi connectivity index (χ1n) is 11.8. The number of rotatable bonds is 9. The van der Waals surface area contributed by atoms with Gasteiger partial charge in [-0.15, -0.1) is 0 Å². The van der Waals surface area contributed by atoms with Gasteiger partial charge < -0.3 is 23.8 Å². The molecule has 6 heteroatoms. The second kappa shape index (κ2) is 10.5. The Kier molecular flexibility index (Phi) is 7.51. The molecule has 0 unspecified atom stereocenters. The summed E-state index contributed by atoms with van der Waals surface area (Å²) < 4.78 is 13.0. The summed E-state index contributed by atoms with van der Waals surface area (Å²) in [6.07, 6.45) is 8.97. The Hall–Kier alpha value is -2.05. The van der Waals surface area contributed by atoms with E-state index >= 15 is 0 Å². The molecule has 4 rings (SSSR count). The van der Waals surface area contributed by atoms with Crippen molar-refractivity contribution in [1.82, 2.24) is 14.4 Å². The van der Waals surface area contributed by atoms with Crippen LogP contribution in [0.4, 0.5) is 0 Å². The standard InChI is InChI=1S/C25H37N3O3/c1-30-18-17-28(19-21-8-6-14-26-13-4-3-9-22(21)26)24(29)12-16-27-15-11-20-7-5-10-23(31-2)25(20)27/h5,7,10-11,15,21-22H,3-4,6,8-9,12-14,16-19H2,1-2H3/t21-,22+/m0/s1. The molecule has 2 atom stereocenters. The van der Waals surface area contributed by atoms with Crippen molar-refractivity contribution in [3.8, 4) is 5.75 Å². The Morgan fingerprint density at radius 3 is 2.84 bits per heavy atom. The summed E-state index contributed by atoms with van der Waals surface area (Å²) in [5, 5.41) is 1.14. The third-order valence-electron chi connectivity index (χ3n) is 7.14. The number of benzene rings is 1. The molecule has 1 aromatic heterocycles. The maximum Gasteiger partial charge on any atom is 0.224 e. The summed E-state index contributed by atoms with van der Waals surface area (Å²) >= 11 is 0. The van der Waals surface area contributed by atoms with Gasteiger partial charge in [-0.05, 0) is 56.8 Å². The molecule has 1 aromatic carbocycles. The van der Waals surface area contributed by atoms with Gasteiger partial charge in [-0.3, -0.25) is 4.79 Å². The van der Waals surface area contributed by atoms with Crippen LogP contribution in [0.2, 0.25) is 0 Å². The predicted molar refractivity (Wildman–Crippen MR) is 123 cm³/mol. The monoisotopic (exact) mass is 427 g/mol. The number of para-hydroxylation sites is 1. The van der Waals surface area contributed by atoms with Crippen molar-refractivity contribution in [3.05, 3.63) is 30.5 Å². The first-order chi connectivity index (χ1) is 15.2. The van der Waals surface area contributed by atoms with E-state index < -0.39 is 0 Å². The quantitative estimate of drug-likeness (QED) is 0.611. The maximum absolute atomic E-state index is 13.3. The molecule has 0 bridgehead atoms. The van der Waals surface area contributed by atoms with Gasteiger partial charge in [-0.1, -0.05) is 18.6 Å². The Balaban J connectivity index is 1.42. The first-order valence-corrected chi connectivity index (χ1v) is 11.8. The zero-order valence-electron chi connectivity index (χ0n) is 19.1. The fraction of sp³-hybridized carbons (Fsp3) is 0.640. The molecule has 6 nitrogen and oxygen atoms in total. The van der Waals surface area contributed by atoms with Crippen molar-refractivity contribution in [2.45, 2.75) is 51.1 Å². The topological polar surface area (TPSA) is 46.9 Å². The highest BCUT2D eigenvalue weighted by molar-refractivity contribution is 5.86. The number of aromatic nitrogens is 1. The number of aryl methyl sites for hydroxylation is 1. The van der Waals surface area contributed by atoms with E-state index in [0.717, 1.165) is 23.2 Å². The van der Waals surface area contributed by atoms with Crippen molar-refractivity contribution in [3.63, 3.8) is 0 Å². The first kappa shape index (κ1) is 22.2. The van der Waals surface area contributed by atoms with E-state index in [1.165, 1.54) is 45.2 Å². The molecule has 3 heterocycles. The zero-order valence-corrected chi connectivity index (χ0v) is 19.1. The van der Waals surface area contributed by atoms with Gasteiger partial charge in [0, 0.05) is 50.8 Å². The molecule has 0 N–H and O–H groups in total. The van der Waals surface area contributed by atoms with E-state index in [1.807, 2.05) is 12.1 Å². The van der Waals surface area contributed by atoms with Crippen LogP contribution in [0.5, 0.6) is 5.75 Å². The number of carbonyl (C=O) groups excluding carboxylic acids is 1. The molecule has 0 radical (unpaired) electrons. The fourth-order valence-electron chi connectivity index (χ4n) is 5.54. The van der Waals surface area contributed by atoms with Gasteiger partial charge in [0.25, 0.3) is 0 Å². The second-order valence-corrected chi connectivity index (χ2v) is 8.99. The lowest BCUT2D eigenvalue weighted by atomic mass is 9.83. The van der Waals surface area contributed by atoms with Crippen LogP contribution in [0.25, 0.3) is 10.9 Å². The molecule has 170 valence electrons. The average Bonchev–Trinajstić information content (AvgIpc) is 3.23. The van der Waals surface area contributed by atoms with Gasteiger partial charge >= 0.3 is 0 Å². The number of methoxy groups -OCH3 is 2. The summed E-state index contributed by atoms with van der Waals surface area (Å²) in [4.78, 5) is 18.0. The molecule has 2 aromatic rings. The Morgan fingerprint density at radius 2 is 2.00 bits per heavy atom. The molecule has 0 spiro atoms. The molecule has 31 heavy (non-hydrogen) atoms. The highest BCUT2D eigenvalue weighted by Gasteiger charge is 2.34. The van der Waals surface area contributed by atoms with Crippen LogP contribution in [0.15, 0.2) is 30.5 Å². The normalized spacial score (nSPS) is 21.7. The van der Waals surface area contributed by atoms with E-state index in [4.69, 9.17) is 9.47 Å². The number of fused-ring (bicyclic) bond motifs is 2. The number of carbonyl (C=O) groups is 1. The van der Waals surface area contributed by atoms with Crippen molar-refractivity contribution in [2.75, 3.05) is 47.0 Å². The largest absolute Gasteiger partial charge is 0.495 e. The van der Waals surface area contributed by atoms with Crippen LogP contribution >= 0.6 is 0 Å². The second-order valence-electron chi connectivity index (χ2n) is 8.99. The van der Waals surface area contributed by atoms with Gasteiger partial charge in [0.15, 0.2) is 0 Å². The number of piperidine rings is 2. The predicted octanol–water partition coefficient (Wildman–Crippen LogP) is 3.78. The third-order valence-corrected chi connectivity index (χ3v) is 7.14. The van der Waals surface area contributed by atoms with E-state index in [1.54, 1.807) is 14.2 Å². The molecule has 2 aliphatic rings. The molecule has 2 aliphatic heterocycles. The smallest absolute Gasteiger partial charge is 0.224 e. The van der Waals surface area contributed by atoms with E-state index in [9.17, 15) is 4.79 Å². The average molecular weight is 428 g/mol. The van der Waals surface area contributed by atoms with Crippen molar-refractivity contribution in [1.29, 1.82) is 0 Å². The van der Waals surface area contributed by atoms with Crippen LogP contribution in [-0.2, 0) is 16.1 Å². The van der Waals surface area contributed by atoms with Crippen LogP contribution in [0, 0.1) is 5.92 Å². The lowest BCUT2D eigenvalue weighted by Crippen LogP contribution is -2.52. The highest BCUT2D eigenvalue weighted by Crippen LogP contribution is 2.32. The Labute approximate surface area is 186 Å².